The maximum absolute atomic E-state index is 7.76. The maximum Gasteiger partial charge on any atom is 0.0359 e. The first-order chi connectivity index (χ1) is 5.84. The predicted molar refractivity (Wildman–Crippen MR) is 52.5 cm³/mol. The highest BCUT2D eigenvalue weighted by Crippen LogP contribution is 2.24. The van der Waals surface area contributed by atoms with Crippen LogP contribution in [0.1, 0.15) is 32.1 Å². The van der Waals surface area contributed by atoms with E-state index in [1.54, 1.807) is 0 Å². The summed E-state index contributed by atoms with van der Waals surface area (Å²) in [7, 11) is 1.87. The van der Waals surface area contributed by atoms with E-state index in [9.17, 15) is 0 Å². The fourth-order valence-electron chi connectivity index (χ4n) is 1.72. The Balaban J connectivity index is 2.34. The van der Waals surface area contributed by atoms with Gasteiger partial charge in [0.05, 0.1) is 0 Å². The Labute approximate surface area is 74.6 Å². The lowest BCUT2D eigenvalue weighted by molar-refractivity contribution is 0.439. The largest absolute Gasteiger partial charge is 0.394 e. The minimum Gasteiger partial charge on any atom is -0.394 e. The van der Waals surface area contributed by atoms with Crippen LogP contribution in [0.5, 0.6) is 0 Å². The van der Waals surface area contributed by atoms with E-state index in [0.29, 0.717) is 5.92 Å². The summed E-state index contributed by atoms with van der Waals surface area (Å²) in [4.78, 5) is 0. The molecule has 1 aliphatic carbocycles. The van der Waals surface area contributed by atoms with Crippen molar-refractivity contribution in [3.63, 3.8) is 0 Å². The number of hydrogen-bond acceptors (Lipinski definition) is 2. The van der Waals surface area contributed by atoms with Gasteiger partial charge >= 0.3 is 0 Å². The average molecular weight is 166 g/mol. The summed E-state index contributed by atoms with van der Waals surface area (Å²) in [6.45, 7) is 0. The van der Waals surface area contributed by atoms with Crippen molar-refractivity contribution in [2.24, 2.45) is 5.92 Å². The zero-order chi connectivity index (χ0) is 8.81. The fourth-order valence-corrected chi connectivity index (χ4v) is 1.72. The van der Waals surface area contributed by atoms with Crippen molar-refractivity contribution < 1.29 is 0 Å². The van der Waals surface area contributed by atoms with Crippen LogP contribution in [0.4, 0.5) is 0 Å². The Morgan fingerprint density at radius 3 is 2.58 bits per heavy atom. The van der Waals surface area contributed by atoms with Crippen LogP contribution in [-0.2, 0) is 0 Å². The molecule has 1 rings (SSSR count). The van der Waals surface area contributed by atoms with Crippen LogP contribution in [-0.4, -0.2) is 12.8 Å². The van der Waals surface area contributed by atoms with Crippen LogP contribution in [0.3, 0.4) is 0 Å². The Morgan fingerprint density at radius 2 is 2.00 bits per heavy atom. The number of nitrogens with one attached hydrogen (secondary N) is 2. The monoisotopic (exact) mass is 166 g/mol. The first-order valence-corrected chi connectivity index (χ1v) is 4.77. The summed E-state index contributed by atoms with van der Waals surface area (Å²) in [5.41, 5.74) is 0.795. The van der Waals surface area contributed by atoms with E-state index in [-0.39, 0.29) is 0 Å². The van der Waals surface area contributed by atoms with Crippen molar-refractivity contribution in [1.29, 1.82) is 5.41 Å². The molecule has 0 aliphatic heterocycles. The summed E-state index contributed by atoms with van der Waals surface area (Å²) >= 11 is 0. The molecule has 0 aromatic carbocycles. The minimum absolute atomic E-state index is 0.531. The Kier molecular flexibility index (Phi) is 3.85. The number of hydrogen-bond donors (Lipinski definition) is 2. The molecule has 0 aromatic rings. The minimum atomic E-state index is 0.531. The molecule has 2 N–H and O–H groups in total. The Bertz CT molecular complexity index is 167. The van der Waals surface area contributed by atoms with Gasteiger partial charge in [0.25, 0.3) is 0 Å². The molecule has 0 spiro atoms. The van der Waals surface area contributed by atoms with E-state index in [4.69, 9.17) is 5.41 Å². The summed E-state index contributed by atoms with van der Waals surface area (Å²) in [6, 6.07) is 0. The molecule has 0 heterocycles. The molecule has 0 unspecified atom stereocenters. The van der Waals surface area contributed by atoms with Crippen molar-refractivity contribution in [3.05, 3.63) is 12.3 Å². The molecular weight excluding hydrogens is 148 g/mol. The maximum atomic E-state index is 7.76. The van der Waals surface area contributed by atoms with Gasteiger partial charge in [-0.25, -0.2) is 0 Å². The molecule has 0 saturated heterocycles. The third-order valence-corrected chi connectivity index (χ3v) is 2.47. The normalized spacial score (nSPS) is 19.8. The lowest BCUT2D eigenvalue weighted by Crippen LogP contribution is -2.15. The van der Waals surface area contributed by atoms with Gasteiger partial charge in [0.2, 0.25) is 0 Å². The van der Waals surface area contributed by atoms with Crippen LogP contribution in [0.25, 0.3) is 0 Å². The molecule has 0 aromatic heterocycles. The number of rotatable bonds is 3. The topological polar surface area (TPSA) is 35.9 Å². The van der Waals surface area contributed by atoms with Crippen LogP contribution >= 0.6 is 0 Å². The van der Waals surface area contributed by atoms with Crippen molar-refractivity contribution in [3.8, 4) is 0 Å². The molecule has 0 radical (unpaired) electrons. The smallest absolute Gasteiger partial charge is 0.0359 e. The van der Waals surface area contributed by atoms with E-state index >= 15 is 0 Å². The molecule has 12 heavy (non-hydrogen) atoms. The Morgan fingerprint density at radius 1 is 1.33 bits per heavy atom. The molecule has 0 amide bonds. The van der Waals surface area contributed by atoms with Gasteiger partial charge in [-0.3, -0.25) is 0 Å². The third kappa shape index (κ3) is 2.68. The van der Waals surface area contributed by atoms with E-state index in [2.05, 4.69) is 5.32 Å². The van der Waals surface area contributed by atoms with Gasteiger partial charge in [-0.1, -0.05) is 19.3 Å². The van der Waals surface area contributed by atoms with E-state index < -0.39 is 0 Å². The van der Waals surface area contributed by atoms with Gasteiger partial charge in [0.1, 0.15) is 0 Å². The van der Waals surface area contributed by atoms with Crippen molar-refractivity contribution >= 4 is 5.71 Å². The van der Waals surface area contributed by atoms with Gasteiger partial charge < -0.3 is 10.7 Å². The van der Waals surface area contributed by atoms with E-state index in [1.807, 2.05) is 19.3 Å². The molecule has 1 fully saturated rings. The van der Waals surface area contributed by atoms with Crippen LogP contribution < -0.4 is 5.32 Å². The van der Waals surface area contributed by atoms with Crippen LogP contribution in [0, 0.1) is 11.3 Å². The quantitative estimate of drug-likeness (QED) is 0.620. The highest BCUT2D eigenvalue weighted by molar-refractivity contribution is 5.94. The molecule has 0 atom stereocenters. The standard InChI is InChI=1S/C10H18N2/c1-12-8-7-10(11)9-5-3-2-4-6-9/h7-9,11-12H,2-6H2,1H3/b8-7+,11-10?. The van der Waals surface area contributed by atoms with E-state index in [0.717, 1.165) is 5.71 Å². The second-order valence-electron chi connectivity index (χ2n) is 3.41. The predicted octanol–water partition coefficient (Wildman–Crippen LogP) is 2.32. The van der Waals surface area contributed by atoms with Crippen molar-refractivity contribution in [2.45, 2.75) is 32.1 Å². The molecule has 2 nitrogen and oxygen atoms in total. The van der Waals surface area contributed by atoms with Gasteiger partial charge in [-0.15, -0.1) is 0 Å². The Hall–Kier alpha value is -0.790. The second-order valence-corrected chi connectivity index (χ2v) is 3.41. The molecule has 0 bridgehead atoms. The summed E-state index contributed by atoms with van der Waals surface area (Å²) in [6.07, 6.45) is 10.1. The molecule has 1 aliphatic rings. The number of allylic oxidation sites excluding steroid dienone is 1. The lowest BCUT2D eigenvalue weighted by atomic mass is 9.86. The van der Waals surface area contributed by atoms with Crippen molar-refractivity contribution in [1.82, 2.24) is 5.32 Å². The van der Waals surface area contributed by atoms with Crippen molar-refractivity contribution in [2.75, 3.05) is 7.05 Å². The fraction of sp³-hybridized carbons (Fsp3) is 0.700. The highest BCUT2D eigenvalue weighted by Gasteiger charge is 2.15. The van der Waals surface area contributed by atoms with Crippen LogP contribution in [0.15, 0.2) is 12.3 Å². The molecule has 2 heteroatoms. The van der Waals surface area contributed by atoms with Crippen LogP contribution in [0.2, 0.25) is 0 Å². The lowest BCUT2D eigenvalue weighted by Gasteiger charge is -2.20. The molecule has 68 valence electrons. The van der Waals surface area contributed by atoms with Gasteiger partial charge in [-0.2, -0.15) is 0 Å². The molecular formula is C10H18N2. The third-order valence-electron chi connectivity index (χ3n) is 2.47. The average Bonchev–Trinajstić information content (AvgIpc) is 2.15. The second kappa shape index (κ2) is 4.96. The first kappa shape index (κ1) is 9.30. The first-order valence-electron chi connectivity index (χ1n) is 4.77. The zero-order valence-electron chi connectivity index (χ0n) is 7.77. The summed E-state index contributed by atoms with van der Waals surface area (Å²) in [5, 5.41) is 10.7. The zero-order valence-corrected chi connectivity index (χ0v) is 7.77. The highest BCUT2D eigenvalue weighted by atomic mass is 14.8. The molecule has 1 saturated carbocycles. The summed E-state index contributed by atoms with van der Waals surface area (Å²) < 4.78 is 0. The van der Waals surface area contributed by atoms with Gasteiger partial charge in [0, 0.05) is 18.7 Å². The summed E-state index contributed by atoms with van der Waals surface area (Å²) in [5.74, 6) is 0.531. The van der Waals surface area contributed by atoms with E-state index in [1.165, 1.54) is 32.1 Å². The van der Waals surface area contributed by atoms with Gasteiger partial charge in [-0.05, 0) is 25.1 Å². The SMILES string of the molecule is CN/C=C/C(=N)C1CCCCC1. The van der Waals surface area contributed by atoms with Gasteiger partial charge in [0.15, 0.2) is 0 Å².